The van der Waals surface area contributed by atoms with E-state index in [1.807, 2.05) is 0 Å². The van der Waals surface area contributed by atoms with E-state index >= 15 is 0 Å². The fourth-order valence-corrected chi connectivity index (χ4v) is 2.61. The third-order valence-electron chi connectivity index (χ3n) is 4.01. The van der Waals surface area contributed by atoms with Gasteiger partial charge in [-0.15, -0.1) is 0 Å². The van der Waals surface area contributed by atoms with Crippen LogP contribution in [0.5, 0.6) is 0 Å². The first-order valence-corrected chi connectivity index (χ1v) is 8.00. The summed E-state index contributed by atoms with van der Waals surface area (Å²) in [6.07, 6.45) is 6.73. The molecule has 0 aliphatic carbocycles. The van der Waals surface area contributed by atoms with Crippen LogP contribution in [0, 0.1) is 5.92 Å². The van der Waals surface area contributed by atoms with Crippen LogP contribution in [-0.4, -0.2) is 50.7 Å². The molecule has 1 heterocycles. The Balaban J connectivity index is 2.01. The maximum Gasteiger partial charge on any atom is 0.0107 e. The monoisotopic (exact) mass is 255 g/mol. The lowest BCUT2D eigenvalue weighted by Crippen LogP contribution is -2.36. The molecule has 1 atom stereocenters. The Morgan fingerprint density at radius 3 is 2.89 bits per heavy atom. The lowest BCUT2D eigenvalue weighted by atomic mass is 9.99. The second-order valence-electron chi connectivity index (χ2n) is 5.57. The Bertz CT molecular complexity index is 177. The van der Waals surface area contributed by atoms with Gasteiger partial charge in [0.05, 0.1) is 0 Å². The number of rotatable bonds is 9. The van der Waals surface area contributed by atoms with E-state index in [9.17, 15) is 0 Å². The molecule has 1 rings (SSSR count). The van der Waals surface area contributed by atoms with E-state index in [2.05, 4.69) is 29.4 Å². The van der Waals surface area contributed by atoms with Gasteiger partial charge in [0.2, 0.25) is 0 Å². The van der Waals surface area contributed by atoms with Crippen molar-refractivity contribution in [2.45, 2.75) is 46.0 Å². The third-order valence-corrected chi connectivity index (χ3v) is 4.01. The molecule has 0 saturated carbocycles. The van der Waals surface area contributed by atoms with Crippen LogP contribution >= 0.6 is 0 Å². The van der Waals surface area contributed by atoms with E-state index in [4.69, 9.17) is 0 Å². The Morgan fingerprint density at radius 2 is 2.11 bits per heavy atom. The molecular formula is C15H33N3. The average molecular weight is 255 g/mol. The topological polar surface area (TPSA) is 27.3 Å². The molecule has 3 heteroatoms. The highest BCUT2D eigenvalue weighted by Gasteiger charge is 2.08. The second kappa shape index (κ2) is 10.8. The van der Waals surface area contributed by atoms with Crippen molar-refractivity contribution in [2.24, 2.45) is 5.92 Å². The summed E-state index contributed by atoms with van der Waals surface area (Å²) >= 11 is 0. The zero-order chi connectivity index (χ0) is 13.1. The molecule has 1 aliphatic heterocycles. The van der Waals surface area contributed by atoms with Gasteiger partial charge >= 0.3 is 0 Å². The standard InChI is InChI=1S/C15H33N3/c1-3-5-7-15(4-2)14-17-10-13-18-11-6-8-16-9-12-18/h15-17H,3-14H2,1-2H3. The molecule has 0 radical (unpaired) electrons. The quantitative estimate of drug-likeness (QED) is 0.618. The van der Waals surface area contributed by atoms with Crippen LogP contribution in [0.2, 0.25) is 0 Å². The number of nitrogens with zero attached hydrogens (tertiary/aromatic N) is 1. The second-order valence-corrected chi connectivity index (χ2v) is 5.57. The Morgan fingerprint density at radius 1 is 1.22 bits per heavy atom. The smallest absolute Gasteiger partial charge is 0.0107 e. The Labute approximate surface area is 114 Å². The minimum Gasteiger partial charge on any atom is -0.315 e. The Hall–Kier alpha value is -0.120. The third kappa shape index (κ3) is 7.34. The van der Waals surface area contributed by atoms with Gasteiger partial charge in [-0.25, -0.2) is 0 Å². The number of hydrogen-bond acceptors (Lipinski definition) is 3. The van der Waals surface area contributed by atoms with Crippen LogP contribution in [0.4, 0.5) is 0 Å². The molecule has 0 aromatic carbocycles. The summed E-state index contributed by atoms with van der Waals surface area (Å²) in [6, 6.07) is 0. The van der Waals surface area contributed by atoms with E-state index in [0.29, 0.717) is 0 Å². The largest absolute Gasteiger partial charge is 0.315 e. The van der Waals surface area contributed by atoms with Crippen molar-refractivity contribution in [1.29, 1.82) is 0 Å². The van der Waals surface area contributed by atoms with Gasteiger partial charge in [0.1, 0.15) is 0 Å². The number of hydrogen-bond donors (Lipinski definition) is 2. The number of unbranched alkanes of at least 4 members (excludes halogenated alkanes) is 1. The van der Waals surface area contributed by atoms with E-state index in [1.54, 1.807) is 0 Å². The summed E-state index contributed by atoms with van der Waals surface area (Å²) in [5.41, 5.74) is 0. The first-order valence-electron chi connectivity index (χ1n) is 8.00. The van der Waals surface area contributed by atoms with Crippen LogP contribution in [0.15, 0.2) is 0 Å². The number of nitrogens with one attached hydrogen (secondary N) is 2. The molecule has 0 aromatic heterocycles. The molecule has 2 N–H and O–H groups in total. The van der Waals surface area contributed by atoms with Crippen molar-refractivity contribution in [3.05, 3.63) is 0 Å². The molecule has 3 nitrogen and oxygen atoms in total. The molecule has 108 valence electrons. The van der Waals surface area contributed by atoms with Crippen LogP contribution < -0.4 is 10.6 Å². The lowest BCUT2D eigenvalue weighted by molar-refractivity contribution is 0.286. The van der Waals surface area contributed by atoms with Gasteiger partial charge in [-0.1, -0.05) is 33.1 Å². The van der Waals surface area contributed by atoms with Gasteiger partial charge in [-0.3, -0.25) is 0 Å². The van der Waals surface area contributed by atoms with Gasteiger partial charge in [-0.05, 0) is 38.4 Å². The van der Waals surface area contributed by atoms with Crippen LogP contribution in [0.3, 0.4) is 0 Å². The average Bonchev–Trinajstić information content (AvgIpc) is 2.66. The predicted octanol–water partition coefficient (Wildman–Crippen LogP) is 2.09. The van der Waals surface area contributed by atoms with E-state index in [1.165, 1.54) is 64.8 Å². The normalized spacial score (nSPS) is 19.7. The lowest BCUT2D eigenvalue weighted by Gasteiger charge is -2.21. The van der Waals surface area contributed by atoms with Gasteiger partial charge < -0.3 is 15.5 Å². The van der Waals surface area contributed by atoms with Gasteiger partial charge in [0, 0.05) is 26.2 Å². The van der Waals surface area contributed by atoms with E-state index in [-0.39, 0.29) is 0 Å². The highest BCUT2D eigenvalue weighted by Crippen LogP contribution is 2.10. The Kier molecular flexibility index (Phi) is 9.54. The SMILES string of the molecule is CCCCC(CC)CNCCN1CCCNCC1. The molecule has 1 fully saturated rings. The highest BCUT2D eigenvalue weighted by atomic mass is 15.2. The zero-order valence-electron chi connectivity index (χ0n) is 12.5. The van der Waals surface area contributed by atoms with Crippen molar-refractivity contribution in [1.82, 2.24) is 15.5 Å². The van der Waals surface area contributed by atoms with Crippen LogP contribution in [-0.2, 0) is 0 Å². The molecule has 0 amide bonds. The maximum atomic E-state index is 3.65. The van der Waals surface area contributed by atoms with Crippen molar-refractivity contribution in [2.75, 3.05) is 45.8 Å². The molecular weight excluding hydrogens is 222 g/mol. The maximum absolute atomic E-state index is 3.65. The van der Waals surface area contributed by atoms with Gasteiger partial charge in [0.25, 0.3) is 0 Å². The molecule has 18 heavy (non-hydrogen) atoms. The summed E-state index contributed by atoms with van der Waals surface area (Å²) in [7, 11) is 0. The molecule has 1 aliphatic rings. The summed E-state index contributed by atoms with van der Waals surface area (Å²) < 4.78 is 0. The summed E-state index contributed by atoms with van der Waals surface area (Å²) in [5.74, 6) is 0.885. The fourth-order valence-electron chi connectivity index (χ4n) is 2.61. The minimum atomic E-state index is 0.885. The molecule has 0 aromatic rings. The zero-order valence-corrected chi connectivity index (χ0v) is 12.5. The first kappa shape index (κ1) is 15.9. The summed E-state index contributed by atoms with van der Waals surface area (Å²) in [6.45, 7) is 13.0. The summed E-state index contributed by atoms with van der Waals surface area (Å²) in [5, 5.41) is 7.11. The summed E-state index contributed by atoms with van der Waals surface area (Å²) in [4.78, 5) is 2.58. The van der Waals surface area contributed by atoms with Crippen molar-refractivity contribution < 1.29 is 0 Å². The molecule has 0 spiro atoms. The van der Waals surface area contributed by atoms with Gasteiger partial charge in [-0.2, -0.15) is 0 Å². The first-order chi connectivity index (χ1) is 8.86. The van der Waals surface area contributed by atoms with Gasteiger partial charge in [0.15, 0.2) is 0 Å². The molecule has 0 bridgehead atoms. The minimum absolute atomic E-state index is 0.885. The highest BCUT2D eigenvalue weighted by molar-refractivity contribution is 4.67. The fraction of sp³-hybridized carbons (Fsp3) is 1.00. The van der Waals surface area contributed by atoms with E-state index < -0.39 is 0 Å². The molecule has 1 saturated heterocycles. The molecule has 1 unspecified atom stereocenters. The van der Waals surface area contributed by atoms with Crippen molar-refractivity contribution in [3.8, 4) is 0 Å². The van der Waals surface area contributed by atoms with Crippen LogP contribution in [0.1, 0.15) is 46.0 Å². The predicted molar refractivity (Wildman–Crippen MR) is 80.1 cm³/mol. The van der Waals surface area contributed by atoms with Crippen LogP contribution in [0.25, 0.3) is 0 Å². The van der Waals surface area contributed by atoms with E-state index in [0.717, 1.165) is 19.0 Å². The van der Waals surface area contributed by atoms with Crippen molar-refractivity contribution in [3.63, 3.8) is 0 Å². The van der Waals surface area contributed by atoms with Crippen molar-refractivity contribution >= 4 is 0 Å².